The van der Waals surface area contributed by atoms with Crippen molar-refractivity contribution in [2.75, 3.05) is 7.11 Å². The standard InChI is InChI=1S/C23H24N4O5S2/c1-4-22-24-12-14-26(22)33(28,29)19-9-6-17(7-10-19)20-11-8-18(32-3)16-21(20)34(30,31)27-15-13-25-23(27)5-2/h6-16H,4-5H2,1-3H3. The first-order valence-corrected chi connectivity index (χ1v) is 13.5. The Bertz CT molecular complexity index is 1540. The molecule has 0 aliphatic rings. The number of aryl methyl sites for hydroxylation is 2. The molecule has 0 saturated carbocycles. The molecule has 178 valence electrons. The normalized spacial score (nSPS) is 12.1. The first-order chi connectivity index (χ1) is 16.2. The fourth-order valence-electron chi connectivity index (χ4n) is 3.69. The minimum atomic E-state index is -3.99. The van der Waals surface area contributed by atoms with E-state index in [1.165, 1.54) is 50.1 Å². The maximum absolute atomic E-state index is 13.6. The number of hydrogen-bond acceptors (Lipinski definition) is 7. The van der Waals surface area contributed by atoms with Crippen molar-refractivity contribution >= 4 is 20.0 Å². The molecule has 0 saturated heterocycles. The lowest BCUT2D eigenvalue weighted by molar-refractivity contribution is 0.413. The summed E-state index contributed by atoms with van der Waals surface area (Å²) >= 11 is 0. The van der Waals surface area contributed by atoms with Crippen LogP contribution >= 0.6 is 0 Å². The zero-order valence-corrected chi connectivity index (χ0v) is 20.5. The fraction of sp³-hybridized carbons (Fsp3) is 0.217. The second-order valence-electron chi connectivity index (χ2n) is 7.38. The smallest absolute Gasteiger partial charge is 0.269 e. The molecule has 0 radical (unpaired) electrons. The highest BCUT2D eigenvalue weighted by Gasteiger charge is 2.25. The van der Waals surface area contributed by atoms with Crippen LogP contribution in [-0.2, 0) is 32.9 Å². The Morgan fingerprint density at radius 3 is 1.88 bits per heavy atom. The van der Waals surface area contributed by atoms with Gasteiger partial charge in [-0.25, -0.2) is 34.7 Å². The highest BCUT2D eigenvalue weighted by atomic mass is 32.2. The molecule has 2 aromatic carbocycles. The van der Waals surface area contributed by atoms with Crippen LogP contribution in [-0.4, -0.2) is 41.9 Å². The molecular formula is C23H24N4O5S2. The SMILES string of the molecule is CCc1nccn1S(=O)(=O)c1ccc(-c2ccc(OC)cc2S(=O)(=O)n2ccnc2CC)cc1. The van der Waals surface area contributed by atoms with Crippen LogP contribution in [0.25, 0.3) is 11.1 Å². The number of benzene rings is 2. The molecule has 34 heavy (non-hydrogen) atoms. The van der Waals surface area contributed by atoms with Crippen LogP contribution in [0.3, 0.4) is 0 Å². The van der Waals surface area contributed by atoms with Gasteiger partial charge in [-0.2, -0.15) is 0 Å². The number of hydrogen-bond donors (Lipinski definition) is 0. The molecule has 0 unspecified atom stereocenters. The molecule has 0 fully saturated rings. The minimum Gasteiger partial charge on any atom is -0.497 e. The van der Waals surface area contributed by atoms with Gasteiger partial charge in [-0.05, 0) is 29.8 Å². The second kappa shape index (κ2) is 9.07. The van der Waals surface area contributed by atoms with Gasteiger partial charge in [0.2, 0.25) is 0 Å². The summed E-state index contributed by atoms with van der Waals surface area (Å²) in [5, 5.41) is 0. The fourth-order valence-corrected chi connectivity index (χ4v) is 6.67. The maximum Gasteiger partial charge on any atom is 0.269 e. The molecule has 0 amide bonds. The average Bonchev–Trinajstić information content (AvgIpc) is 3.54. The van der Waals surface area contributed by atoms with E-state index >= 15 is 0 Å². The molecule has 0 spiro atoms. The number of nitrogens with zero attached hydrogens (tertiary/aromatic N) is 4. The molecule has 4 rings (SSSR count). The van der Waals surface area contributed by atoms with Crippen molar-refractivity contribution in [3.05, 3.63) is 78.9 Å². The predicted octanol–water partition coefficient (Wildman–Crippen LogP) is 3.35. The zero-order chi connectivity index (χ0) is 24.5. The number of ether oxygens (including phenoxy) is 1. The summed E-state index contributed by atoms with van der Waals surface area (Å²) in [4.78, 5) is 8.31. The summed E-state index contributed by atoms with van der Waals surface area (Å²) in [6, 6.07) is 10.8. The predicted molar refractivity (Wildman–Crippen MR) is 127 cm³/mol. The summed E-state index contributed by atoms with van der Waals surface area (Å²) in [7, 11) is -6.36. The highest BCUT2D eigenvalue weighted by molar-refractivity contribution is 7.90. The van der Waals surface area contributed by atoms with E-state index in [2.05, 4.69) is 9.97 Å². The van der Waals surface area contributed by atoms with Crippen LogP contribution in [0.15, 0.2) is 77.0 Å². The van der Waals surface area contributed by atoms with Crippen molar-refractivity contribution in [2.24, 2.45) is 0 Å². The summed E-state index contributed by atoms with van der Waals surface area (Å²) in [5.41, 5.74) is 0.956. The molecule has 0 aliphatic carbocycles. The van der Waals surface area contributed by atoms with Crippen LogP contribution in [0.4, 0.5) is 0 Å². The largest absolute Gasteiger partial charge is 0.497 e. The van der Waals surface area contributed by atoms with Gasteiger partial charge >= 0.3 is 0 Å². The molecule has 4 aromatic rings. The van der Waals surface area contributed by atoms with Crippen LogP contribution in [0.1, 0.15) is 25.5 Å². The summed E-state index contributed by atoms with van der Waals surface area (Å²) < 4.78 is 60.8. The number of rotatable bonds is 8. The van der Waals surface area contributed by atoms with E-state index in [0.717, 1.165) is 7.94 Å². The van der Waals surface area contributed by atoms with Crippen LogP contribution in [0.5, 0.6) is 5.75 Å². The van der Waals surface area contributed by atoms with Gasteiger partial charge in [0.05, 0.1) is 16.9 Å². The first kappa shape index (κ1) is 23.7. The molecule has 0 N–H and O–H groups in total. The number of methoxy groups -OCH3 is 1. The van der Waals surface area contributed by atoms with Gasteiger partial charge in [-0.15, -0.1) is 0 Å². The van der Waals surface area contributed by atoms with E-state index in [1.807, 2.05) is 13.8 Å². The van der Waals surface area contributed by atoms with Crippen molar-refractivity contribution < 1.29 is 21.6 Å². The van der Waals surface area contributed by atoms with Crippen LogP contribution in [0, 0.1) is 0 Å². The topological polar surface area (TPSA) is 113 Å². The molecule has 11 heteroatoms. The van der Waals surface area contributed by atoms with Crippen molar-refractivity contribution in [1.29, 1.82) is 0 Å². The maximum atomic E-state index is 13.6. The third kappa shape index (κ3) is 4.01. The molecule has 0 bridgehead atoms. The van der Waals surface area contributed by atoms with Gasteiger partial charge < -0.3 is 4.74 Å². The average molecular weight is 501 g/mol. The molecule has 0 atom stereocenters. The van der Waals surface area contributed by atoms with Crippen LogP contribution < -0.4 is 4.74 Å². The number of aromatic nitrogens is 4. The Labute approximate surface area is 198 Å². The van der Waals surface area contributed by atoms with E-state index in [9.17, 15) is 16.8 Å². The lowest BCUT2D eigenvalue weighted by atomic mass is 10.1. The van der Waals surface area contributed by atoms with E-state index in [-0.39, 0.29) is 9.79 Å². The third-order valence-electron chi connectivity index (χ3n) is 5.44. The Kier molecular flexibility index (Phi) is 6.32. The second-order valence-corrected chi connectivity index (χ2v) is 11.0. The van der Waals surface area contributed by atoms with Crippen LogP contribution in [0.2, 0.25) is 0 Å². The minimum absolute atomic E-state index is 0.0260. The van der Waals surface area contributed by atoms with Gasteiger partial charge in [0.25, 0.3) is 20.0 Å². The van der Waals surface area contributed by atoms with Crippen molar-refractivity contribution in [3.8, 4) is 16.9 Å². The Morgan fingerprint density at radius 2 is 1.35 bits per heavy atom. The Morgan fingerprint density at radius 1 is 0.794 bits per heavy atom. The summed E-state index contributed by atoms with van der Waals surface area (Å²) in [5.74, 6) is 1.22. The van der Waals surface area contributed by atoms with Gasteiger partial charge in [-0.1, -0.05) is 26.0 Å². The molecular weight excluding hydrogens is 476 g/mol. The van der Waals surface area contributed by atoms with E-state index in [0.29, 0.717) is 41.4 Å². The zero-order valence-electron chi connectivity index (χ0n) is 18.9. The Hall–Kier alpha value is -3.44. The van der Waals surface area contributed by atoms with E-state index in [4.69, 9.17) is 4.74 Å². The lowest BCUT2D eigenvalue weighted by Crippen LogP contribution is -2.16. The quantitative estimate of drug-likeness (QED) is 0.364. The Balaban J connectivity index is 1.82. The van der Waals surface area contributed by atoms with Crippen molar-refractivity contribution in [2.45, 2.75) is 36.5 Å². The first-order valence-electron chi connectivity index (χ1n) is 10.6. The molecule has 2 aromatic heterocycles. The third-order valence-corrected chi connectivity index (χ3v) is 8.90. The van der Waals surface area contributed by atoms with Gasteiger partial charge in [0.15, 0.2) is 0 Å². The van der Waals surface area contributed by atoms with E-state index in [1.54, 1.807) is 24.3 Å². The molecule has 9 nitrogen and oxygen atoms in total. The van der Waals surface area contributed by atoms with E-state index < -0.39 is 20.0 Å². The summed E-state index contributed by atoms with van der Waals surface area (Å²) in [6.45, 7) is 3.65. The number of imidazole rings is 2. The highest BCUT2D eigenvalue weighted by Crippen LogP contribution is 2.33. The summed E-state index contributed by atoms with van der Waals surface area (Å²) in [6.07, 6.45) is 6.60. The van der Waals surface area contributed by atoms with Gasteiger partial charge in [0.1, 0.15) is 17.4 Å². The molecule has 2 heterocycles. The lowest BCUT2D eigenvalue weighted by Gasteiger charge is -2.15. The monoisotopic (exact) mass is 500 g/mol. The molecule has 0 aliphatic heterocycles. The van der Waals surface area contributed by atoms with Crippen molar-refractivity contribution in [3.63, 3.8) is 0 Å². The van der Waals surface area contributed by atoms with Gasteiger partial charge in [0, 0.05) is 49.3 Å². The van der Waals surface area contributed by atoms with Crippen molar-refractivity contribution in [1.82, 2.24) is 17.9 Å². The van der Waals surface area contributed by atoms with Gasteiger partial charge in [-0.3, -0.25) is 0 Å².